The maximum atomic E-state index is 13.4. The minimum atomic E-state index is -1.41. The van der Waals surface area contributed by atoms with Gasteiger partial charge in [0.25, 0.3) is 0 Å². The van der Waals surface area contributed by atoms with Crippen molar-refractivity contribution in [2.24, 2.45) is 0 Å². The summed E-state index contributed by atoms with van der Waals surface area (Å²) >= 11 is 0. The number of hydrogen-bond donors (Lipinski definition) is 1. The molecule has 1 heterocycles. The molecular weight excluding hydrogens is 345 g/mol. The van der Waals surface area contributed by atoms with Gasteiger partial charge in [-0.05, 0) is 83.3 Å². The molecule has 0 aromatic heterocycles. The van der Waals surface area contributed by atoms with Gasteiger partial charge in [-0.15, -0.1) is 0 Å². The molecule has 1 fully saturated rings. The number of benzene rings is 1. The van der Waals surface area contributed by atoms with E-state index in [0.29, 0.717) is 12.1 Å². The summed E-state index contributed by atoms with van der Waals surface area (Å²) < 4.78 is 45.0. The van der Waals surface area contributed by atoms with E-state index in [2.05, 4.69) is 10.2 Å². The lowest BCUT2D eigenvalue weighted by molar-refractivity contribution is 0.0525. The zero-order valence-electron chi connectivity index (χ0n) is 15.6. The lowest BCUT2D eigenvalue weighted by Crippen LogP contribution is -2.37. The van der Waals surface area contributed by atoms with Crippen molar-refractivity contribution in [1.82, 2.24) is 10.2 Å². The molecule has 0 spiro atoms. The summed E-state index contributed by atoms with van der Waals surface area (Å²) in [4.78, 5) is 13.8. The van der Waals surface area contributed by atoms with Crippen LogP contribution in [0.1, 0.15) is 51.5 Å². The van der Waals surface area contributed by atoms with Crippen molar-refractivity contribution in [3.63, 3.8) is 0 Å². The van der Waals surface area contributed by atoms with Crippen LogP contribution in [0.5, 0.6) is 0 Å². The lowest BCUT2D eigenvalue weighted by atomic mass is 9.89. The fraction of sp³-hybridized carbons (Fsp3) is 0.632. The summed E-state index contributed by atoms with van der Waals surface area (Å²) in [5, 5.41) is 2.72. The molecule has 0 bridgehead atoms. The summed E-state index contributed by atoms with van der Waals surface area (Å²) in [5.74, 6) is -3.63. The highest BCUT2D eigenvalue weighted by Crippen LogP contribution is 2.29. The first-order valence-electron chi connectivity index (χ1n) is 8.99. The molecule has 26 heavy (non-hydrogen) atoms. The number of carbonyl (C=O) groups excluding carboxylic acids is 1. The van der Waals surface area contributed by atoms with Gasteiger partial charge in [0.2, 0.25) is 0 Å². The lowest BCUT2D eigenvalue weighted by Gasteiger charge is -2.32. The summed E-state index contributed by atoms with van der Waals surface area (Å²) in [7, 11) is 0. The van der Waals surface area contributed by atoms with Crippen LogP contribution in [0.4, 0.5) is 18.0 Å². The molecule has 1 aliphatic rings. The molecule has 1 amide bonds. The highest BCUT2D eigenvalue weighted by Gasteiger charge is 2.23. The monoisotopic (exact) mass is 372 g/mol. The average Bonchev–Trinajstić information content (AvgIpc) is 2.55. The summed E-state index contributed by atoms with van der Waals surface area (Å²) in [6.07, 6.45) is 1.91. The Kier molecular flexibility index (Phi) is 6.92. The van der Waals surface area contributed by atoms with Crippen LogP contribution in [-0.2, 0) is 4.74 Å². The quantitative estimate of drug-likeness (QED) is 0.622. The minimum absolute atomic E-state index is 0.0377. The van der Waals surface area contributed by atoms with Gasteiger partial charge in [0.05, 0.1) is 0 Å². The maximum absolute atomic E-state index is 13.4. The third-order valence-electron chi connectivity index (χ3n) is 4.38. The van der Waals surface area contributed by atoms with Gasteiger partial charge in [0.15, 0.2) is 17.5 Å². The molecule has 4 nitrogen and oxygen atoms in total. The van der Waals surface area contributed by atoms with Crippen molar-refractivity contribution >= 4 is 6.09 Å². The Morgan fingerprint density at radius 1 is 1.19 bits per heavy atom. The van der Waals surface area contributed by atoms with Gasteiger partial charge in [-0.25, -0.2) is 18.0 Å². The van der Waals surface area contributed by atoms with Crippen LogP contribution < -0.4 is 5.32 Å². The molecule has 1 aromatic carbocycles. The summed E-state index contributed by atoms with van der Waals surface area (Å²) in [5.41, 5.74) is 0.0123. The zero-order chi connectivity index (χ0) is 19.3. The first-order chi connectivity index (χ1) is 12.2. The van der Waals surface area contributed by atoms with Crippen LogP contribution in [-0.4, -0.2) is 42.8 Å². The Hall–Kier alpha value is -1.76. The third kappa shape index (κ3) is 6.20. The Bertz CT molecular complexity index is 601. The van der Waals surface area contributed by atoms with Crippen molar-refractivity contribution in [2.75, 3.05) is 26.2 Å². The molecule has 2 rings (SSSR count). The number of rotatable bonds is 5. The molecule has 1 saturated heterocycles. The number of ether oxygens (including phenoxy) is 1. The van der Waals surface area contributed by atoms with Crippen molar-refractivity contribution in [3.05, 3.63) is 35.1 Å². The number of alkyl carbamates (subject to hydrolysis) is 1. The molecule has 1 aromatic rings. The number of likely N-dealkylation sites (tertiary alicyclic amines) is 1. The number of piperidine rings is 1. The average molecular weight is 372 g/mol. The Balaban J connectivity index is 1.70. The highest BCUT2D eigenvalue weighted by atomic mass is 19.2. The van der Waals surface area contributed by atoms with E-state index in [1.807, 2.05) is 20.8 Å². The van der Waals surface area contributed by atoms with Gasteiger partial charge >= 0.3 is 6.09 Å². The fourth-order valence-electron chi connectivity index (χ4n) is 3.11. The molecule has 0 saturated carbocycles. The van der Waals surface area contributed by atoms with E-state index in [4.69, 9.17) is 4.74 Å². The maximum Gasteiger partial charge on any atom is 0.407 e. The predicted molar refractivity (Wildman–Crippen MR) is 93.6 cm³/mol. The van der Waals surface area contributed by atoms with E-state index in [1.165, 1.54) is 0 Å². The topological polar surface area (TPSA) is 41.6 Å². The van der Waals surface area contributed by atoms with E-state index in [0.717, 1.165) is 51.0 Å². The zero-order valence-corrected chi connectivity index (χ0v) is 15.6. The number of amides is 1. The van der Waals surface area contributed by atoms with Crippen molar-refractivity contribution in [3.8, 4) is 0 Å². The van der Waals surface area contributed by atoms with Crippen LogP contribution in [0.2, 0.25) is 0 Å². The molecule has 7 heteroatoms. The molecule has 0 atom stereocenters. The second-order valence-corrected chi connectivity index (χ2v) is 7.70. The number of carbonyl (C=O) groups is 1. The van der Waals surface area contributed by atoms with Crippen molar-refractivity contribution < 1.29 is 22.7 Å². The number of hydrogen-bond acceptors (Lipinski definition) is 3. The van der Waals surface area contributed by atoms with Gasteiger partial charge in [0, 0.05) is 6.54 Å². The largest absolute Gasteiger partial charge is 0.444 e. The fourth-order valence-corrected chi connectivity index (χ4v) is 3.11. The first-order valence-corrected chi connectivity index (χ1v) is 8.99. The van der Waals surface area contributed by atoms with E-state index >= 15 is 0 Å². The number of nitrogens with one attached hydrogen (secondary N) is 1. The van der Waals surface area contributed by atoms with Gasteiger partial charge in [-0.3, -0.25) is 0 Å². The third-order valence-corrected chi connectivity index (χ3v) is 4.38. The van der Waals surface area contributed by atoms with Gasteiger partial charge in [0.1, 0.15) is 5.60 Å². The van der Waals surface area contributed by atoms with Crippen LogP contribution in [0.3, 0.4) is 0 Å². The van der Waals surface area contributed by atoms with E-state index in [1.54, 1.807) is 0 Å². The van der Waals surface area contributed by atoms with Gasteiger partial charge in [-0.1, -0.05) is 0 Å². The Morgan fingerprint density at radius 3 is 2.31 bits per heavy atom. The molecule has 146 valence electrons. The summed E-state index contributed by atoms with van der Waals surface area (Å²) in [6.45, 7) is 8.41. The second-order valence-electron chi connectivity index (χ2n) is 7.70. The molecule has 0 unspecified atom stereocenters. The van der Waals surface area contributed by atoms with E-state index < -0.39 is 29.1 Å². The number of halogens is 3. The molecule has 0 radical (unpaired) electrons. The smallest absolute Gasteiger partial charge is 0.407 e. The predicted octanol–water partition coefficient (Wildman–Crippen LogP) is 4.20. The Morgan fingerprint density at radius 2 is 1.77 bits per heavy atom. The molecule has 1 N–H and O–H groups in total. The molecule has 0 aliphatic carbocycles. The standard InChI is InChI=1S/C19H27F3N2O2/c1-19(2,3)26-18(25)23-7-4-8-24-9-5-13(6-10-24)14-11-15(20)17(22)16(21)12-14/h11-13H,4-10H2,1-3H3,(H,23,25). The second kappa shape index (κ2) is 8.75. The normalized spacial score (nSPS) is 16.5. The van der Waals surface area contributed by atoms with Crippen LogP contribution in [0.25, 0.3) is 0 Å². The van der Waals surface area contributed by atoms with E-state index in [-0.39, 0.29) is 5.92 Å². The molecular formula is C19H27F3N2O2. The van der Waals surface area contributed by atoms with Gasteiger partial charge in [-0.2, -0.15) is 0 Å². The highest BCUT2D eigenvalue weighted by molar-refractivity contribution is 5.67. The van der Waals surface area contributed by atoms with Crippen molar-refractivity contribution in [1.29, 1.82) is 0 Å². The SMILES string of the molecule is CC(C)(C)OC(=O)NCCCN1CCC(c2cc(F)c(F)c(F)c2)CC1. The molecule has 1 aliphatic heterocycles. The van der Waals surface area contributed by atoms with Crippen molar-refractivity contribution in [2.45, 2.75) is 51.6 Å². The van der Waals surface area contributed by atoms with E-state index in [9.17, 15) is 18.0 Å². The first kappa shape index (κ1) is 20.6. The van der Waals surface area contributed by atoms with Crippen LogP contribution >= 0.6 is 0 Å². The van der Waals surface area contributed by atoms with Gasteiger partial charge < -0.3 is 15.0 Å². The van der Waals surface area contributed by atoms with Crippen LogP contribution in [0.15, 0.2) is 12.1 Å². The Labute approximate surface area is 152 Å². The van der Waals surface area contributed by atoms with Crippen LogP contribution in [0, 0.1) is 17.5 Å². The minimum Gasteiger partial charge on any atom is -0.444 e. The number of nitrogens with zero attached hydrogens (tertiary/aromatic N) is 1. The summed E-state index contributed by atoms with van der Waals surface area (Å²) in [6, 6.07) is 2.20.